The molecule has 0 saturated carbocycles. The maximum absolute atomic E-state index is 8.72. The van der Waals surface area contributed by atoms with Gasteiger partial charge in [-0.1, -0.05) is 27.2 Å². The second-order valence-electron chi connectivity index (χ2n) is 5.19. The van der Waals surface area contributed by atoms with Gasteiger partial charge in [0, 0.05) is 32.1 Å². The summed E-state index contributed by atoms with van der Waals surface area (Å²) in [6.45, 7) is 11.1. The average molecular weight is 223 g/mol. The molecule has 0 spiro atoms. The zero-order valence-electron chi connectivity index (χ0n) is 10.9. The molecule has 2 unspecified atom stereocenters. The van der Waals surface area contributed by atoms with Crippen molar-refractivity contribution in [1.82, 2.24) is 10.2 Å². The van der Waals surface area contributed by atoms with Gasteiger partial charge >= 0.3 is 0 Å². The number of nitrogens with zero attached hydrogens (tertiary/aromatic N) is 2. The maximum Gasteiger partial charge on any atom is 0.0635 e. The van der Waals surface area contributed by atoms with E-state index in [0.717, 1.165) is 32.1 Å². The summed E-state index contributed by atoms with van der Waals surface area (Å²) in [6.07, 6.45) is 1.89. The molecular weight excluding hydrogens is 198 g/mol. The first-order chi connectivity index (χ1) is 7.69. The normalized spacial score (nSPS) is 25.2. The predicted octanol–water partition coefficient (Wildman–Crippen LogP) is 1.86. The fourth-order valence-corrected chi connectivity index (χ4v) is 2.62. The summed E-state index contributed by atoms with van der Waals surface area (Å²) in [5.74, 6) is 1.44. The molecular formula is C13H25N3. The van der Waals surface area contributed by atoms with Crippen molar-refractivity contribution in [3.05, 3.63) is 0 Å². The van der Waals surface area contributed by atoms with Crippen LogP contribution >= 0.6 is 0 Å². The van der Waals surface area contributed by atoms with Crippen LogP contribution in [0, 0.1) is 23.2 Å². The molecule has 1 heterocycles. The number of hydrogen-bond donors (Lipinski definition) is 1. The Morgan fingerprint density at radius 2 is 2.19 bits per heavy atom. The van der Waals surface area contributed by atoms with Gasteiger partial charge < -0.3 is 5.32 Å². The minimum atomic E-state index is 0.640. The number of hydrogen-bond acceptors (Lipinski definition) is 3. The topological polar surface area (TPSA) is 39.1 Å². The summed E-state index contributed by atoms with van der Waals surface area (Å²) in [5, 5.41) is 12.2. The van der Waals surface area contributed by atoms with Crippen LogP contribution in [0.2, 0.25) is 0 Å². The molecule has 0 aromatic rings. The lowest BCUT2D eigenvalue weighted by Crippen LogP contribution is -2.43. The van der Waals surface area contributed by atoms with Crippen molar-refractivity contribution < 1.29 is 0 Å². The summed E-state index contributed by atoms with van der Waals surface area (Å²) < 4.78 is 0. The van der Waals surface area contributed by atoms with E-state index < -0.39 is 0 Å². The first kappa shape index (κ1) is 13.5. The standard InChI is InChI=1S/C13H25N3/c1-4-12-8-15-9-13(12)16(7-5-6-14)10-11(2)3/h11-13,15H,4-5,7-10H2,1-3H3. The van der Waals surface area contributed by atoms with Gasteiger partial charge in [0.25, 0.3) is 0 Å². The van der Waals surface area contributed by atoms with E-state index in [2.05, 4.69) is 37.1 Å². The van der Waals surface area contributed by atoms with E-state index in [1.54, 1.807) is 0 Å². The minimum Gasteiger partial charge on any atom is -0.315 e. The summed E-state index contributed by atoms with van der Waals surface area (Å²) in [7, 11) is 0. The van der Waals surface area contributed by atoms with Gasteiger partial charge in [0.15, 0.2) is 0 Å². The van der Waals surface area contributed by atoms with Gasteiger partial charge in [0.05, 0.1) is 6.07 Å². The Hall–Kier alpha value is -0.590. The highest BCUT2D eigenvalue weighted by molar-refractivity contribution is 4.89. The molecule has 1 N–H and O–H groups in total. The Labute approximate surface area is 99.8 Å². The quantitative estimate of drug-likeness (QED) is 0.747. The molecule has 0 amide bonds. The predicted molar refractivity (Wildman–Crippen MR) is 67.1 cm³/mol. The van der Waals surface area contributed by atoms with Gasteiger partial charge in [-0.3, -0.25) is 4.90 Å². The summed E-state index contributed by atoms with van der Waals surface area (Å²) >= 11 is 0. The molecule has 0 aliphatic carbocycles. The lowest BCUT2D eigenvalue weighted by molar-refractivity contribution is 0.154. The van der Waals surface area contributed by atoms with Crippen molar-refractivity contribution in [1.29, 1.82) is 5.26 Å². The monoisotopic (exact) mass is 223 g/mol. The van der Waals surface area contributed by atoms with Crippen LogP contribution in [0.15, 0.2) is 0 Å². The second-order valence-corrected chi connectivity index (χ2v) is 5.19. The molecule has 2 atom stereocenters. The Morgan fingerprint density at radius 3 is 2.75 bits per heavy atom. The van der Waals surface area contributed by atoms with Crippen molar-refractivity contribution in [3.63, 3.8) is 0 Å². The van der Waals surface area contributed by atoms with E-state index in [0.29, 0.717) is 18.4 Å². The van der Waals surface area contributed by atoms with Crippen molar-refractivity contribution >= 4 is 0 Å². The summed E-state index contributed by atoms with van der Waals surface area (Å²) in [5.41, 5.74) is 0. The van der Waals surface area contributed by atoms with Crippen molar-refractivity contribution in [2.75, 3.05) is 26.2 Å². The molecule has 1 saturated heterocycles. The molecule has 1 aliphatic heterocycles. The molecule has 3 heteroatoms. The number of nitrogens with one attached hydrogen (secondary N) is 1. The van der Waals surface area contributed by atoms with E-state index in [-0.39, 0.29) is 0 Å². The third-order valence-electron chi connectivity index (χ3n) is 3.41. The third-order valence-corrected chi connectivity index (χ3v) is 3.41. The Morgan fingerprint density at radius 1 is 1.44 bits per heavy atom. The molecule has 3 nitrogen and oxygen atoms in total. The van der Waals surface area contributed by atoms with Crippen molar-refractivity contribution in [2.24, 2.45) is 11.8 Å². The summed E-state index contributed by atoms with van der Waals surface area (Å²) in [4.78, 5) is 2.52. The Bertz CT molecular complexity index is 232. The highest BCUT2D eigenvalue weighted by Crippen LogP contribution is 2.20. The number of rotatable bonds is 6. The van der Waals surface area contributed by atoms with E-state index >= 15 is 0 Å². The highest BCUT2D eigenvalue weighted by atomic mass is 15.2. The minimum absolute atomic E-state index is 0.640. The van der Waals surface area contributed by atoms with Crippen LogP contribution in [-0.2, 0) is 0 Å². The zero-order valence-corrected chi connectivity index (χ0v) is 10.9. The summed E-state index contributed by atoms with van der Waals surface area (Å²) in [6, 6.07) is 2.91. The van der Waals surface area contributed by atoms with Gasteiger partial charge in [0.2, 0.25) is 0 Å². The van der Waals surface area contributed by atoms with Crippen LogP contribution in [0.1, 0.15) is 33.6 Å². The Balaban J connectivity index is 2.56. The molecule has 0 radical (unpaired) electrons. The average Bonchev–Trinajstić information content (AvgIpc) is 2.71. The first-order valence-electron chi connectivity index (χ1n) is 6.50. The number of nitriles is 1. The van der Waals surface area contributed by atoms with Crippen LogP contribution in [0.3, 0.4) is 0 Å². The van der Waals surface area contributed by atoms with Crippen LogP contribution in [0.5, 0.6) is 0 Å². The Kier molecular flexibility index (Phi) is 5.79. The highest BCUT2D eigenvalue weighted by Gasteiger charge is 2.30. The zero-order chi connectivity index (χ0) is 12.0. The first-order valence-corrected chi connectivity index (χ1v) is 6.50. The van der Waals surface area contributed by atoms with Gasteiger partial charge in [-0.15, -0.1) is 0 Å². The van der Waals surface area contributed by atoms with Crippen LogP contribution in [0.25, 0.3) is 0 Å². The molecule has 0 aromatic carbocycles. The lowest BCUT2D eigenvalue weighted by atomic mass is 9.98. The fraction of sp³-hybridized carbons (Fsp3) is 0.923. The SMILES string of the molecule is CCC1CNCC1N(CCC#N)CC(C)C. The molecule has 0 aromatic heterocycles. The molecule has 16 heavy (non-hydrogen) atoms. The van der Waals surface area contributed by atoms with Gasteiger partial charge in [-0.2, -0.15) is 5.26 Å². The smallest absolute Gasteiger partial charge is 0.0635 e. The molecule has 0 bridgehead atoms. The third kappa shape index (κ3) is 3.77. The van der Waals surface area contributed by atoms with Gasteiger partial charge in [-0.25, -0.2) is 0 Å². The van der Waals surface area contributed by atoms with Crippen LogP contribution < -0.4 is 5.32 Å². The largest absolute Gasteiger partial charge is 0.315 e. The van der Waals surface area contributed by atoms with Crippen LogP contribution in [-0.4, -0.2) is 37.1 Å². The molecule has 1 aliphatic rings. The molecule has 92 valence electrons. The fourth-order valence-electron chi connectivity index (χ4n) is 2.62. The molecule has 1 fully saturated rings. The van der Waals surface area contributed by atoms with E-state index in [4.69, 9.17) is 5.26 Å². The van der Waals surface area contributed by atoms with Crippen molar-refractivity contribution in [2.45, 2.75) is 39.7 Å². The molecule has 1 rings (SSSR count). The van der Waals surface area contributed by atoms with E-state index in [1.807, 2.05) is 0 Å². The van der Waals surface area contributed by atoms with E-state index in [1.165, 1.54) is 6.42 Å². The van der Waals surface area contributed by atoms with Gasteiger partial charge in [0.1, 0.15) is 0 Å². The maximum atomic E-state index is 8.72. The van der Waals surface area contributed by atoms with E-state index in [9.17, 15) is 0 Å². The second kappa shape index (κ2) is 6.88. The lowest BCUT2D eigenvalue weighted by Gasteiger charge is -2.32. The van der Waals surface area contributed by atoms with Crippen LogP contribution in [0.4, 0.5) is 0 Å². The van der Waals surface area contributed by atoms with Gasteiger partial charge in [-0.05, 0) is 18.4 Å². The van der Waals surface area contributed by atoms with Crippen molar-refractivity contribution in [3.8, 4) is 6.07 Å².